The Morgan fingerprint density at radius 1 is 1.46 bits per heavy atom. The zero-order valence-electron chi connectivity index (χ0n) is 7.71. The number of alkyl halides is 2. The van der Waals surface area contributed by atoms with Crippen molar-refractivity contribution in [1.82, 2.24) is 4.90 Å². The molecule has 1 aliphatic heterocycles. The molecule has 0 radical (unpaired) electrons. The highest BCUT2D eigenvalue weighted by Crippen LogP contribution is 2.15. The van der Waals surface area contributed by atoms with Crippen molar-refractivity contribution in [2.24, 2.45) is 0 Å². The Kier molecular flexibility index (Phi) is 4.25. The molecule has 0 aromatic heterocycles. The van der Waals surface area contributed by atoms with E-state index in [1.807, 2.05) is 0 Å². The van der Waals surface area contributed by atoms with Crippen molar-refractivity contribution in [2.75, 3.05) is 25.1 Å². The second-order valence-corrected chi connectivity index (χ2v) is 5.11. The van der Waals surface area contributed by atoms with Gasteiger partial charge in [0.1, 0.15) is 0 Å². The van der Waals surface area contributed by atoms with E-state index in [-0.39, 0.29) is 12.6 Å². The fourth-order valence-corrected chi connectivity index (χ4v) is 2.86. The van der Waals surface area contributed by atoms with Crippen molar-refractivity contribution in [2.45, 2.75) is 25.3 Å². The number of nitrogens with zero attached hydrogens (tertiary/aromatic N) is 1. The van der Waals surface area contributed by atoms with Crippen LogP contribution in [0, 0.1) is 0 Å². The average Bonchev–Trinajstić information content (AvgIpc) is 2.04. The molecule has 0 amide bonds. The highest BCUT2D eigenvalue weighted by Gasteiger charge is 2.22. The first kappa shape index (κ1) is 11.0. The van der Waals surface area contributed by atoms with Crippen LogP contribution in [0.25, 0.3) is 0 Å². The lowest BCUT2D eigenvalue weighted by Crippen LogP contribution is -2.39. The molecule has 1 rings (SSSR count). The van der Waals surface area contributed by atoms with Gasteiger partial charge in [0.15, 0.2) is 0 Å². The van der Waals surface area contributed by atoms with Crippen LogP contribution in [-0.4, -0.2) is 46.7 Å². The molecular formula is C8H15F2NOS. The minimum atomic E-state index is -2.27. The molecule has 0 N–H and O–H groups in total. The standard InChI is InChI=1S/C8H15F2NOS/c1-11(6-8(9)10)7-2-4-13(12)5-3-7/h7-8H,2-6H2,1H3. The summed E-state index contributed by atoms with van der Waals surface area (Å²) in [5.41, 5.74) is 0. The van der Waals surface area contributed by atoms with Gasteiger partial charge in [0.25, 0.3) is 6.43 Å². The van der Waals surface area contributed by atoms with Crippen molar-refractivity contribution in [3.63, 3.8) is 0 Å². The third-order valence-corrected chi connectivity index (χ3v) is 3.79. The van der Waals surface area contributed by atoms with Crippen LogP contribution >= 0.6 is 0 Å². The Hall–Kier alpha value is -0.0300. The van der Waals surface area contributed by atoms with Crippen LogP contribution in [-0.2, 0) is 10.8 Å². The van der Waals surface area contributed by atoms with Gasteiger partial charge in [-0.05, 0) is 19.9 Å². The molecule has 0 spiro atoms. The molecule has 0 atom stereocenters. The van der Waals surface area contributed by atoms with Gasteiger partial charge in [-0.3, -0.25) is 9.11 Å². The van der Waals surface area contributed by atoms with Crippen molar-refractivity contribution in [3.05, 3.63) is 0 Å². The molecule has 5 heteroatoms. The quantitative estimate of drug-likeness (QED) is 0.696. The van der Waals surface area contributed by atoms with E-state index in [1.54, 1.807) is 11.9 Å². The van der Waals surface area contributed by atoms with Crippen molar-refractivity contribution in [1.29, 1.82) is 0 Å². The summed E-state index contributed by atoms with van der Waals surface area (Å²) in [6.07, 6.45) is -0.691. The predicted molar refractivity (Wildman–Crippen MR) is 49.5 cm³/mol. The smallest absolute Gasteiger partial charge is 0.251 e. The van der Waals surface area contributed by atoms with E-state index in [4.69, 9.17) is 0 Å². The second-order valence-electron chi connectivity index (χ2n) is 3.41. The highest BCUT2D eigenvalue weighted by atomic mass is 32.2. The van der Waals surface area contributed by atoms with E-state index in [2.05, 4.69) is 0 Å². The van der Waals surface area contributed by atoms with Gasteiger partial charge in [-0.1, -0.05) is 0 Å². The topological polar surface area (TPSA) is 20.3 Å². The normalized spacial score (nSPS) is 29.9. The number of rotatable bonds is 3. The van der Waals surface area contributed by atoms with Crippen LogP contribution in [0.2, 0.25) is 0 Å². The van der Waals surface area contributed by atoms with E-state index in [9.17, 15) is 13.0 Å². The third-order valence-electron chi connectivity index (χ3n) is 2.41. The number of hydrogen-bond acceptors (Lipinski definition) is 2. The first-order valence-electron chi connectivity index (χ1n) is 4.43. The molecule has 0 aliphatic carbocycles. The molecule has 13 heavy (non-hydrogen) atoms. The Bertz CT molecular complexity index is 179. The maximum absolute atomic E-state index is 12.0. The zero-order valence-corrected chi connectivity index (χ0v) is 8.53. The average molecular weight is 211 g/mol. The summed E-state index contributed by atoms with van der Waals surface area (Å²) in [4.78, 5) is 1.68. The fraction of sp³-hybridized carbons (Fsp3) is 1.00. The van der Waals surface area contributed by atoms with Gasteiger partial charge < -0.3 is 0 Å². The van der Waals surface area contributed by atoms with Gasteiger partial charge in [0.05, 0.1) is 6.54 Å². The molecule has 2 nitrogen and oxygen atoms in total. The SMILES string of the molecule is CN(CC(F)F)C1CCS(=O)CC1. The molecule has 0 saturated carbocycles. The van der Waals surface area contributed by atoms with Crippen LogP contribution in [0.3, 0.4) is 0 Å². The lowest BCUT2D eigenvalue weighted by atomic mass is 10.1. The molecule has 1 fully saturated rings. The van der Waals surface area contributed by atoms with E-state index in [0.29, 0.717) is 11.5 Å². The minimum absolute atomic E-state index is 0.169. The molecule has 78 valence electrons. The lowest BCUT2D eigenvalue weighted by molar-refractivity contribution is 0.0783. The van der Waals surface area contributed by atoms with Crippen LogP contribution in [0.5, 0.6) is 0 Å². The Morgan fingerprint density at radius 2 is 2.00 bits per heavy atom. The van der Waals surface area contributed by atoms with Crippen LogP contribution in [0.15, 0.2) is 0 Å². The maximum atomic E-state index is 12.0. The van der Waals surface area contributed by atoms with E-state index in [1.165, 1.54) is 0 Å². The minimum Gasteiger partial charge on any atom is -0.298 e. The van der Waals surface area contributed by atoms with Crippen LogP contribution < -0.4 is 0 Å². The molecule has 0 unspecified atom stereocenters. The highest BCUT2D eigenvalue weighted by molar-refractivity contribution is 7.85. The van der Waals surface area contributed by atoms with Gasteiger partial charge in [-0.2, -0.15) is 0 Å². The molecule has 0 aromatic rings. The lowest BCUT2D eigenvalue weighted by Gasteiger charge is -2.30. The first-order valence-corrected chi connectivity index (χ1v) is 5.91. The van der Waals surface area contributed by atoms with Crippen molar-refractivity contribution in [3.8, 4) is 0 Å². The largest absolute Gasteiger partial charge is 0.298 e. The van der Waals surface area contributed by atoms with E-state index in [0.717, 1.165) is 12.8 Å². The molecule has 1 saturated heterocycles. The Labute approximate surface area is 79.8 Å². The van der Waals surface area contributed by atoms with Crippen LogP contribution in [0.4, 0.5) is 8.78 Å². The van der Waals surface area contributed by atoms with Crippen molar-refractivity contribution < 1.29 is 13.0 Å². The zero-order chi connectivity index (χ0) is 9.84. The summed E-state index contributed by atoms with van der Waals surface area (Å²) < 4.78 is 35.0. The predicted octanol–water partition coefficient (Wildman–Crippen LogP) is 1.09. The molecule has 1 heterocycles. The fourth-order valence-electron chi connectivity index (χ4n) is 1.59. The third kappa shape index (κ3) is 3.68. The monoisotopic (exact) mass is 211 g/mol. The maximum Gasteiger partial charge on any atom is 0.251 e. The van der Waals surface area contributed by atoms with Gasteiger partial charge in [0, 0.05) is 28.3 Å². The van der Waals surface area contributed by atoms with Gasteiger partial charge in [-0.25, -0.2) is 8.78 Å². The van der Waals surface area contributed by atoms with Gasteiger partial charge >= 0.3 is 0 Å². The Balaban J connectivity index is 2.31. The number of halogens is 2. The molecule has 0 aromatic carbocycles. The summed E-state index contributed by atoms with van der Waals surface area (Å²) in [5, 5.41) is 0. The number of hydrogen-bond donors (Lipinski definition) is 0. The van der Waals surface area contributed by atoms with Crippen LogP contribution in [0.1, 0.15) is 12.8 Å². The summed E-state index contributed by atoms with van der Waals surface area (Å²) in [6, 6.07) is 0.201. The summed E-state index contributed by atoms with van der Waals surface area (Å²) in [7, 11) is 1.01. The summed E-state index contributed by atoms with van der Waals surface area (Å²) in [5.74, 6) is 1.33. The van der Waals surface area contributed by atoms with Gasteiger partial charge in [-0.15, -0.1) is 0 Å². The second kappa shape index (κ2) is 5.00. The molecule has 1 aliphatic rings. The van der Waals surface area contributed by atoms with Crippen molar-refractivity contribution >= 4 is 10.8 Å². The first-order chi connectivity index (χ1) is 6.09. The molecule has 0 bridgehead atoms. The van der Waals surface area contributed by atoms with Gasteiger partial charge in [0.2, 0.25) is 0 Å². The van der Waals surface area contributed by atoms with E-state index >= 15 is 0 Å². The van der Waals surface area contributed by atoms with E-state index < -0.39 is 17.2 Å². The summed E-state index contributed by atoms with van der Waals surface area (Å²) in [6.45, 7) is -0.169. The Morgan fingerprint density at radius 3 is 2.46 bits per heavy atom. The summed E-state index contributed by atoms with van der Waals surface area (Å²) >= 11 is 0. The molecular weight excluding hydrogens is 196 g/mol.